The molecule has 35 heavy (non-hydrogen) atoms. The van der Waals surface area contributed by atoms with E-state index in [1.54, 1.807) is 24.1 Å². The van der Waals surface area contributed by atoms with Gasteiger partial charge in [0, 0.05) is 47.5 Å². The molecule has 0 radical (unpaired) electrons. The van der Waals surface area contributed by atoms with Crippen molar-refractivity contribution in [3.8, 4) is 11.1 Å². The third kappa shape index (κ3) is 5.19. The van der Waals surface area contributed by atoms with E-state index in [0.717, 1.165) is 37.2 Å². The molecule has 2 N–H and O–H groups in total. The highest BCUT2D eigenvalue weighted by Gasteiger charge is 2.27. The van der Waals surface area contributed by atoms with Gasteiger partial charge in [0.05, 0.1) is 11.3 Å². The molecule has 0 saturated carbocycles. The molecule has 0 aliphatic carbocycles. The number of carboxylic acid groups (broad SMARTS) is 1. The van der Waals surface area contributed by atoms with E-state index >= 15 is 0 Å². The van der Waals surface area contributed by atoms with E-state index in [4.69, 9.17) is 0 Å². The average molecular weight is 488 g/mol. The first-order valence-corrected chi connectivity index (χ1v) is 13.5. The quantitative estimate of drug-likeness (QED) is 0.351. The van der Waals surface area contributed by atoms with Crippen LogP contribution in [0.5, 0.6) is 0 Å². The molecule has 1 unspecified atom stereocenters. The molecular formula is C29H33N3O2S. The number of fused-ring (bicyclic) bond motifs is 1. The summed E-state index contributed by atoms with van der Waals surface area (Å²) in [5.41, 5.74) is 5.98. The Balaban J connectivity index is 1.65. The summed E-state index contributed by atoms with van der Waals surface area (Å²) >= 11 is 1.71. The normalized spacial score (nSPS) is 17.8. The van der Waals surface area contributed by atoms with Gasteiger partial charge in [-0.05, 0) is 73.2 Å². The van der Waals surface area contributed by atoms with Gasteiger partial charge in [-0.25, -0.2) is 4.79 Å². The minimum Gasteiger partial charge on any atom is -0.478 e. The molecule has 2 heterocycles. The zero-order valence-electron chi connectivity index (χ0n) is 20.2. The maximum absolute atomic E-state index is 11.7. The number of rotatable bonds is 7. The first kappa shape index (κ1) is 23.8. The molecule has 182 valence electrons. The highest BCUT2D eigenvalue weighted by molar-refractivity contribution is 7.97. The number of unbranched alkanes of at least 4 members (excludes halogenated alkanes) is 1. The average Bonchev–Trinajstić information content (AvgIpc) is 3.37. The van der Waals surface area contributed by atoms with Gasteiger partial charge in [-0.1, -0.05) is 50.1 Å². The monoisotopic (exact) mass is 487 g/mol. The minimum absolute atomic E-state index is 0.320. The number of aromatic carboxylic acids is 1. The van der Waals surface area contributed by atoms with Crippen molar-refractivity contribution in [1.29, 1.82) is 0 Å². The van der Waals surface area contributed by atoms with Crippen molar-refractivity contribution in [2.24, 2.45) is 0 Å². The fraction of sp³-hybridized carbons (Fsp3) is 0.345. The standard InChI is InChI=1S/C29H33N3O2S/c1-2-3-12-23-20-32(24-13-5-4-6-14-24)27-19-26(31-15-7-8-16-31)25(18-28(27)35-30-23)21-10-9-11-22(17-21)29(33)34/h4-6,9-11,13-14,17-19,23,30H,2-3,7-8,12,15-16,20H2,1H3,(H,33,34). The second-order valence-corrected chi connectivity index (χ2v) is 10.3. The first-order valence-electron chi connectivity index (χ1n) is 12.7. The van der Waals surface area contributed by atoms with Gasteiger partial charge in [-0.3, -0.25) is 4.72 Å². The molecule has 2 aliphatic heterocycles. The van der Waals surface area contributed by atoms with Gasteiger partial charge in [0.25, 0.3) is 0 Å². The van der Waals surface area contributed by atoms with Crippen LogP contribution in [0.2, 0.25) is 0 Å². The molecule has 3 aromatic carbocycles. The van der Waals surface area contributed by atoms with Crippen molar-refractivity contribution in [1.82, 2.24) is 4.72 Å². The molecular weight excluding hydrogens is 454 g/mol. The van der Waals surface area contributed by atoms with Crippen molar-refractivity contribution in [3.63, 3.8) is 0 Å². The zero-order chi connectivity index (χ0) is 24.2. The molecule has 1 saturated heterocycles. The summed E-state index contributed by atoms with van der Waals surface area (Å²) in [4.78, 5) is 17.8. The van der Waals surface area contributed by atoms with Crippen LogP contribution in [0.15, 0.2) is 71.6 Å². The number of carbonyl (C=O) groups is 1. The van der Waals surface area contributed by atoms with Gasteiger partial charge in [-0.15, -0.1) is 0 Å². The number of benzene rings is 3. The Kier molecular flexibility index (Phi) is 7.30. The molecule has 6 heteroatoms. The fourth-order valence-electron chi connectivity index (χ4n) is 5.08. The topological polar surface area (TPSA) is 55.8 Å². The second kappa shape index (κ2) is 10.8. The van der Waals surface area contributed by atoms with E-state index in [2.05, 4.69) is 63.9 Å². The van der Waals surface area contributed by atoms with E-state index < -0.39 is 5.97 Å². The van der Waals surface area contributed by atoms with Crippen LogP contribution in [0.25, 0.3) is 11.1 Å². The molecule has 0 bridgehead atoms. The summed E-state index contributed by atoms with van der Waals surface area (Å²) in [5.74, 6) is -0.894. The van der Waals surface area contributed by atoms with Crippen LogP contribution in [-0.4, -0.2) is 36.8 Å². The Labute approximate surface area is 212 Å². The van der Waals surface area contributed by atoms with E-state index in [0.29, 0.717) is 11.6 Å². The predicted molar refractivity (Wildman–Crippen MR) is 146 cm³/mol. The number of anilines is 3. The summed E-state index contributed by atoms with van der Waals surface area (Å²) < 4.78 is 3.74. The molecule has 1 atom stereocenters. The molecule has 5 nitrogen and oxygen atoms in total. The highest BCUT2D eigenvalue weighted by atomic mass is 32.2. The number of carboxylic acids is 1. The highest BCUT2D eigenvalue weighted by Crippen LogP contribution is 2.45. The molecule has 1 fully saturated rings. The third-order valence-electron chi connectivity index (χ3n) is 6.95. The van der Waals surface area contributed by atoms with E-state index in [1.807, 2.05) is 12.1 Å². The smallest absolute Gasteiger partial charge is 0.335 e. The maximum Gasteiger partial charge on any atom is 0.335 e. The Bertz CT molecular complexity index is 1180. The number of para-hydroxylation sites is 1. The summed E-state index contributed by atoms with van der Waals surface area (Å²) in [6.45, 7) is 5.21. The molecule has 0 aromatic heterocycles. The lowest BCUT2D eigenvalue weighted by Gasteiger charge is -2.30. The lowest BCUT2D eigenvalue weighted by Crippen LogP contribution is -2.34. The van der Waals surface area contributed by atoms with Crippen LogP contribution in [0.1, 0.15) is 49.4 Å². The molecule has 5 rings (SSSR count). The second-order valence-electron chi connectivity index (χ2n) is 9.42. The first-order chi connectivity index (χ1) is 17.1. The Hall–Kier alpha value is -2.96. The van der Waals surface area contributed by atoms with E-state index in [-0.39, 0.29) is 0 Å². The van der Waals surface area contributed by atoms with Gasteiger partial charge in [-0.2, -0.15) is 0 Å². The van der Waals surface area contributed by atoms with Crippen LogP contribution in [-0.2, 0) is 0 Å². The Morgan fingerprint density at radius 1 is 1.03 bits per heavy atom. The fourth-order valence-corrected chi connectivity index (χ4v) is 6.01. The van der Waals surface area contributed by atoms with Crippen LogP contribution in [0.3, 0.4) is 0 Å². The SMILES string of the molecule is CCCCC1CN(c2ccccc2)c2cc(N3CCCC3)c(-c3cccc(C(=O)O)c3)cc2SN1. The summed E-state index contributed by atoms with van der Waals surface area (Å²) in [5, 5.41) is 9.60. The largest absolute Gasteiger partial charge is 0.478 e. The number of hydrogen-bond donors (Lipinski definition) is 2. The predicted octanol–water partition coefficient (Wildman–Crippen LogP) is 6.96. The van der Waals surface area contributed by atoms with E-state index in [9.17, 15) is 9.90 Å². The number of hydrogen-bond acceptors (Lipinski definition) is 5. The van der Waals surface area contributed by atoms with Gasteiger partial charge in [0.1, 0.15) is 0 Å². The molecule has 0 amide bonds. The molecule has 3 aromatic rings. The Morgan fingerprint density at radius 3 is 2.57 bits per heavy atom. The summed E-state index contributed by atoms with van der Waals surface area (Å²) in [6, 6.07) is 23.0. The van der Waals surface area contributed by atoms with Crippen LogP contribution < -0.4 is 14.5 Å². The van der Waals surface area contributed by atoms with Gasteiger partial charge < -0.3 is 14.9 Å². The van der Waals surface area contributed by atoms with Crippen LogP contribution in [0, 0.1) is 0 Å². The lowest BCUT2D eigenvalue weighted by molar-refractivity contribution is 0.0697. The van der Waals surface area contributed by atoms with Crippen LogP contribution in [0.4, 0.5) is 17.1 Å². The minimum atomic E-state index is -0.894. The zero-order valence-corrected chi connectivity index (χ0v) is 21.1. The van der Waals surface area contributed by atoms with Gasteiger partial charge in [0.2, 0.25) is 0 Å². The van der Waals surface area contributed by atoms with Crippen molar-refractivity contribution in [2.45, 2.75) is 50.0 Å². The van der Waals surface area contributed by atoms with Crippen molar-refractivity contribution < 1.29 is 9.90 Å². The number of nitrogens with zero attached hydrogens (tertiary/aromatic N) is 2. The van der Waals surface area contributed by atoms with Crippen LogP contribution >= 0.6 is 11.9 Å². The molecule has 2 aliphatic rings. The van der Waals surface area contributed by atoms with Crippen molar-refractivity contribution in [3.05, 3.63) is 72.3 Å². The number of nitrogens with one attached hydrogen (secondary N) is 1. The summed E-state index contributed by atoms with van der Waals surface area (Å²) in [6.07, 6.45) is 5.88. The van der Waals surface area contributed by atoms with Gasteiger partial charge in [0.15, 0.2) is 0 Å². The van der Waals surface area contributed by atoms with Crippen molar-refractivity contribution in [2.75, 3.05) is 29.4 Å². The van der Waals surface area contributed by atoms with E-state index in [1.165, 1.54) is 47.6 Å². The Morgan fingerprint density at radius 2 is 1.83 bits per heavy atom. The van der Waals surface area contributed by atoms with Crippen molar-refractivity contribution >= 4 is 35.0 Å². The maximum atomic E-state index is 11.7. The molecule has 0 spiro atoms. The lowest BCUT2D eigenvalue weighted by atomic mass is 9.99. The summed E-state index contributed by atoms with van der Waals surface area (Å²) in [7, 11) is 0. The van der Waals surface area contributed by atoms with Gasteiger partial charge >= 0.3 is 5.97 Å². The third-order valence-corrected chi connectivity index (χ3v) is 7.95.